The number of hydrogen-bond donors (Lipinski definition) is 2. The molecule has 0 spiro atoms. The minimum Gasteiger partial charge on any atom is -0.488 e. The minimum atomic E-state index is -1.04. The number of carbonyl (C=O) groups excluding carboxylic acids is 2. The van der Waals surface area contributed by atoms with Gasteiger partial charge in [-0.3, -0.25) is 19.5 Å². The van der Waals surface area contributed by atoms with E-state index < -0.39 is 17.9 Å². The maximum absolute atomic E-state index is 13.8. The molecule has 0 radical (unpaired) electrons. The van der Waals surface area contributed by atoms with Gasteiger partial charge in [0, 0.05) is 36.6 Å². The number of imidazole rings is 1. The second-order valence-electron chi connectivity index (χ2n) is 9.10. The fourth-order valence-corrected chi connectivity index (χ4v) is 4.44. The zero-order valence-electron chi connectivity index (χ0n) is 21.1. The summed E-state index contributed by atoms with van der Waals surface area (Å²) >= 11 is 0. The van der Waals surface area contributed by atoms with Crippen molar-refractivity contribution in [1.82, 2.24) is 20.3 Å². The number of pyridine rings is 1. The van der Waals surface area contributed by atoms with E-state index in [2.05, 4.69) is 20.3 Å². The van der Waals surface area contributed by atoms with E-state index in [1.54, 1.807) is 60.9 Å². The van der Waals surface area contributed by atoms with Crippen LogP contribution in [0.4, 0.5) is 10.1 Å². The summed E-state index contributed by atoms with van der Waals surface area (Å²) in [5.74, 6) is -0.549. The summed E-state index contributed by atoms with van der Waals surface area (Å²) in [6.07, 6.45) is 7.19. The Morgan fingerprint density at radius 2 is 2.00 bits per heavy atom. The molecule has 2 aromatic heterocycles. The Morgan fingerprint density at radius 3 is 2.69 bits per heavy atom. The smallest absolute Gasteiger partial charge is 0.277 e. The summed E-state index contributed by atoms with van der Waals surface area (Å²) in [5, 5.41) is 2.91. The van der Waals surface area contributed by atoms with Crippen molar-refractivity contribution in [3.8, 4) is 5.75 Å². The highest BCUT2D eigenvalue weighted by atomic mass is 19.1. The molecule has 0 aliphatic carbocycles. The van der Waals surface area contributed by atoms with Crippen molar-refractivity contribution >= 4 is 17.5 Å². The monoisotopic (exact) mass is 529 g/mol. The molecule has 2 atom stereocenters. The minimum absolute atomic E-state index is 0.0226. The number of hydrogen-bond acceptors (Lipinski definition) is 6. The van der Waals surface area contributed by atoms with Gasteiger partial charge in [-0.05, 0) is 54.4 Å². The largest absolute Gasteiger partial charge is 0.488 e. The lowest BCUT2D eigenvalue weighted by atomic mass is 10.0. The normalized spacial score (nSPS) is 15.5. The van der Waals surface area contributed by atoms with E-state index in [0.29, 0.717) is 36.6 Å². The molecule has 39 heavy (non-hydrogen) atoms. The highest BCUT2D eigenvalue weighted by Crippen LogP contribution is 2.31. The number of nitrogens with one attached hydrogen (secondary N) is 2. The molecule has 1 fully saturated rings. The average Bonchev–Trinajstić information content (AvgIpc) is 3.68. The Labute approximate surface area is 225 Å². The van der Waals surface area contributed by atoms with Crippen LogP contribution in [-0.2, 0) is 16.0 Å². The molecular formula is C29H28FN5O4. The number of aromatic amines is 1. The van der Waals surface area contributed by atoms with Gasteiger partial charge in [0.15, 0.2) is 0 Å². The van der Waals surface area contributed by atoms with Crippen molar-refractivity contribution in [1.29, 1.82) is 0 Å². The van der Waals surface area contributed by atoms with Gasteiger partial charge in [0.25, 0.3) is 5.91 Å². The third-order valence-electron chi connectivity index (χ3n) is 6.36. The second-order valence-corrected chi connectivity index (χ2v) is 9.10. The SMILES string of the molecule is O=C(NCCc1cccc(F)c1)C(c1cccnc1)N(C(=O)c1cnc[nH]1)c1ccc(OC2CCOC2)cc1. The molecule has 0 bridgehead atoms. The summed E-state index contributed by atoms with van der Waals surface area (Å²) < 4.78 is 25.0. The van der Waals surface area contributed by atoms with E-state index in [4.69, 9.17) is 9.47 Å². The molecule has 0 saturated carbocycles. The molecule has 9 nitrogen and oxygen atoms in total. The fraction of sp³-hybridized carbons (Fsp3) is 0.241. The molecular weight excluding hydrogens is 501 g/mol. The highest BCUT2D eigenvalue weighted by molar-refractivity contribution is 6.09. The Kier molecular flexibility index (Phi) is 8.23. The molecule has 2 aromatic carbocycles. The van der Waals surface area contributed by atoms with Crippen LogP contribution in [0.25, 0.3) is 0 Å². The highest BCUT2D eigenvalue weighted by Gasteiger charge is 2.34. The van der Waals surface area contributed by atoms with Crippen molar-refractivity contribution < 1.29 is 23.5 Å². The van der Waals surface area contributed by atoms with E-state index >= 15 is 0 Å². The Balaban J connectivity index is 1.44. The maximum atomic E-state index is 13.8. The summed E-state index contributed by atoms with van der Waals surface area (Å²) in [4.78, 5) is 39.9. The summed E-state index contributed by atoms with van der Waals surface area (Å²) in [6, 6.07) is 15.6. The lowest BCUT2D eigenvalue weighted by molar-refractivity contribution is -0.122. The predicted molar refractivity (Wildman–Crippen MR) is 142 cm³/mol. The molecule has 5 rings (SSSR count). The number of anilines is 1. The Morgan fingerprint density at radius 1 is 1.13 bits per heavy atom. The first-order valence-electron chi connectivity index (χ1n) is 12.7. The lowest BCUT2D eigenvalue weighted by Gasteiger charge is -2.31. The number of H-pyrrole nitrogens is 1. The first kappa shape index (κ1) is 26.1. The molecule has 10 heteroatoms. The molecule has 2 unspecified atom stereocenters. The zero-order valence-corrected chi connectivity index (χ0v) is 21.1. The number of halogens is 1. The van der Waals surface area contributed by atoms with Crippen molar-refractivity contribution in [3.05, 3.63) is 108 Å². The fourth-order valence-electron chi connectivity index (χ4n) is 4.44. The lowest BCUT2D eigenvalue weighted by Crippen LogP contribution is -2.44. The van der Waals surface area contributed by atoms with Crippen molar-refractivity contribution in [2.45, 2.75) is 25.0 Å². The van der Waals surface area contributed by atoms with Crippen LogP contribution in [0.2, 0.25) is 0 Å². The van der Waals surface area contributed by atoms with E-state index in [0.717, 1.165) is 12.0 Å². The zero-order chi connectivity index (χ0) is 27.0. The standard InChI is InChI=1S/C29H28FN5O4/c30-22-5-1-3-20(15-22)10-13-33-28(36)27(21-4-2-12-31-16-21)35(29(37)26-17-32-19-34-26)23-6-8-24(9-7-23)39-25-11-14-38-18-25/h1-9,12,15-17,19,25,27H,10-11,13-14,18H2,(H,32,34)(H,33,36). The van der Waals surface area contributed by atoms with Gasteiger partial charge < -0.3 is 19.8 Å². The average molecular weight is 530 g/mol. The van der Waals surface area contributed by atoms with Gasteiger partial charge >= 0.3 is 0 Å². The first-order chi connectivity index (χ1) is 19.1. The van der Waals surface area contributed by atoms with Crippen LogP contribution in [0.15, 0.2) is 85.6 Å². The summed E-state index contributed by atoms with van der Waals surface area (Å²) in [5.41, 5.74) is 1.98. The van der Waals surface area contributed by atoms with Crippen LogP contribution in [0.1, 0.15) is 34.1 Å². The van der Waals surface area contributed by atoms with Gasteiger partial charge in [0.05, 0.1) is 25.7 Å². The van der Waals surface area contributed by atoms with E-state index in [-0.39, 0.29) is 24.2 Å². The molecule has 2 N–H and O–H groups in total. The number of amides is 2. The number of nitrogens with zero attached hydrogens (tertiary/aromatic N) is 3. The molecule has 2 amide bonds. The summed E-state index contributed by atoms with van der Waals surface area (Å²) in [7, 11) is 0. The van der Waals surface area contributed by atoms with Crippen molar-refractivity contribution in [3.63, 3.8) is 0 Å². The van der Waals surface area contributed by atoms with E-state index in [1.165, 1.54) is 29.6 Å². The van der Waals surface area contributed by atoms with Crippen LogP contribution in [0.3, 0.4) is 0 Å². The third kappa shape index (κ3) is 6.47. The van der Waals surface area contributed by atoms with Crippen LogP contribution >= 0.6 is 0 Å². The Hall–Kier alpha value is -4.57. The predicted octanol–water partition coefficient (Wildman–Crippen LogP) is 3.86. The second kappa shape index (κ2) is 12.3. The maximum Gasteiger partial charge on any atom is 0.277 e. The van der Waals surface area contributed by atoms with Gasteiger partial charge in [-0.25, -0.2) is 9.37 Å². The number of benzene rings is 2. The molecule has 200 valence electrons. The topological polar surface area (TPSA) is 109 Å². The molecule has 4 aromatic rings. The van der Waals surface area contributed by atoms with Gasteiger partial charge in [-0.1, -0.05) is 18.2 Å². The number of carbonyl (C=O) groups is 2. The Bertz CT molecular complexity index is 1380. The van der Waals surface area contributed by atoms with E-state index in [1.807, 2.05) is 0 Å². The van der Waals surface area contributed by atoms with E-state index in [9.17, 15) is 14.0 Å². The van der Waals surface area contributed by atoms with Gasteiger partial charge in [0.1, 0.15) is 29.4 Å². The van der Waals surface area contributed by atoms with Crippen LogP contribution in [-0.4, -0.2) is 52.6 Å². The van der Waals surface area contributed by atoms with Crippen LogP contribution in [0, 0.1) is 5.82 Å². The third-order valence-corrected chi connectivity index (χ3v) is 6.36. The number of ether oxygens (including phenoxy) is 2. The molecule has 1 aliphatic rings. The summed E-state index contributed by atoms with van der Waals surface area (Å²) in [6.45, 7) is 1.45. The number of rotatable bonds is 10. The van der Waals surface area contributed by atoms with Gasteiger partial charge in [-0.2, -0.15) is 0 Å². The molecule has 1 aliphatic heterocycles. The van der Waals surface area contributed by atoms with Crippen molar-refractivity contribution in [2.24, 2.45) is 0 Å². The van der Waals surface area contributed by atoms with Gasteiger partial charge in [-0.15, -0.1) is 0 Å². The molecule has 1 saturated heterocycles. The first-order valence-corrected chi connectivity index (χ1v) is 12.7. The number of aromatic nitrogens is 3. The molecule has 3 heterocycles. The van der Waals surface area contributed by atoms with Gasteiger partial charge in [0.2, 0.25) is 5.91 Å². The quantitative estimate of drug-likeness (QED) is 0.323. The van der Waals surface area contributed by atoms with Crippen LogP contribution in [0.5, 0.6) is 5.75 Å². The van der Waals surface area contributed by atoms with Crippen LogP contribution < -0.4 is 15.0 Å². The van der Waals surface area contributed by atoms with Crippen molar-refractivity contribution in [2.75, 3.05) is 24.7 Å².